The summed E-state index contributed by atoms with van der Waals surface area (Å²) in [4.78, 5) is 16.2. The summed E-state index contributed by atoms with van der Waals surface area (Å²) in [6, 6.07) is 8.95. The van der Waals surface area contributed by atoms with Gasteiger partial charge in [-0.3, -0.25) is 4.99 Å². The van der Waals surface area contributed by atoms with Crippen molar-refractivity contribution in [1.82, 2.24) is 16.0 Å². The SMILES string of the molecule is CCNC(=NCCNC(=O)OC(C)(C)C)NC1CC1c1ccccc1C.I. The summed E-state index contributed by atoms with van der Waals surface area (Å²) in [5.41, 5.74) is 2.26. The molecule has 1 fully saturated rings. The number of rotatable bonds is 6. The van der Waals surface area contributed by atoms with Gasteiger partial charge in [-0.2, -0.15) is 0 Å². The molecule has 1 aliphatic carbocycles. The fraction of sp³-hybridized carbons (Fsp3) is 0.600. The molecule has 2 unspecified atom stereocenters. The number of aliphatic imine (C=N–C) groups is 1. The van der Waals surface area contributed by atoms with E-state index in [4.69, 9.17) is 4.74 Å². The third kappa shape index (κ3) is 8.36. The van der Waals surface area contributed by atoms with E-state index in [9.17, 15) is 4.79 Å². The second kappa shape index (κ2) is 10.7. The third-order valence-electron chi connectivity index (χ3n) is 4.09. The number of carbonyl (C=O) groups excluding carboxylic acids is 1. The van der Waals surface area contributed by atoms with Crippen LogP contribution in [0.25, 0.3) is 0 Å². The molecule has 0 radical (unpaired) electrons. The maximum atomic E-state index is 11.6. The molecule has 6 nitrogen and oxygen atoms in total. The summed E-state index contributed by atoms with van der Waals surface area (Å²) in [6.07, 6.45) is 0.707. The van der Waals surface area contributed by atoms with Crippen LogP contribution in [0, 0.1) is 6.92 Å². The molecule has 27 heavy (non-hydrogen) atoms. The van der Waals surface area contributed by atoms with Gasteiger partial charge in [-0.1, -0.05) is 24.3 Å². The van der Waals surface area contributed by atoms with Crippen molar-refractivity contribution in [3.05, 3.63) is 35.4 Å². The molecule has 1 amide bonds. The molecule has 2 atom stereocenters. The van der Waals surface area contributed by atoms with Gasteiger partial charge >= 0.3 is 6.09 Å². The lowest BCUT2D eigenvalue weighted by Gasteiger charge is -2.19. The quantitative estimate of drug-likeness (QED) is 0.248. The predicted octanol–water partition coefficient (Wildman–Crippen LogP) is 3.55. The van der Waals surface area contributed by atoms with E-state index in [-0.39, 0.29) is 24.0 Å². The number of aryl methyl sites for hydroxylation is 1. The number of nitrogens with zero attached hydrogens (tertiary/aromatic N) is 1. The summed E-state index contributed by atoms with van der Waals surface area (Å²) in [5, 5.41) is 9.47. The van der Waals surface area contributed by atoms with Gasteiger partial charge in [0.1, 0.15) is 5.60 Å². The number of hydrogen-bond acceptors (Lipinski definition) is 3. The van der Waals surface area contributed by atoms with Gasteiger partial charge in [0.15, 0.2) is 5.96 Å². The van der Waals surface area contributed by atoms with Crippen molar-refractivity contribution < 1.29 is 9.53 Å². The van der Waals surface area contributed by atoms with Gasteiger partial charge in [0, 0.05) is 25.0 Å². The zero-order valence-electron chi connectivity index (χ0n) is 17.0. The molecular formula is C20H33IN4O2. The molecule has 1 aromatic rings. The minimum Gasteiger partial charge on any atom is -0.444 e. The first-order valence-electron chi connectivity index (χ1n) is 9.37. The summed E-state index contributed by atoms with van der Waals surface area (Å²) in [6.45, 7) is 11.5. The highest BCUT2D eigenvalue weighted by Crippen LogP contribution is 2.41. The zero-order chi connectivity index (χ0) is 19.2. The molecule has 7 heteroatoms. The number of nitrogens with one attached hydrogen (secondary N) is 3. The molecule has 1 aliphatic rings. The maximum Gasteiger partial charge on any atom is 0.407 e. The Morgan fingerprint density at radius 3 is 2.59 bits per heavy atom. The van der Waals surface area contributed by atoms with Crippen LogP contribution in [0.2, 0.25) is 0 Å². The Morgan fingerprint density at radius 1 is 1.26 bits per heavy atom. The number of amides is 1. The van der Waals surface area contributed by atoms with E-state index in [2.05, 4.69) is 52.1 Å². The first-order chi connectivity index (χ1) is 12.3. The molecule has 0 saturated heterocycles. The van der Waals surface area contributed by atoms with Gasteiger partial charge in [0.25, 0.3) is 0 Å². The minimum absolute atomic E-state index is 0. The molecule has 3 N–H and O–H groups in total. The number of guanidine groups is 1. The van der Waals surface area contributed by atoms with Gasteiger partial charge in [0.05, 0.1) is 6.54 Å². The molecule has 1 aromatic carbocycles. The fourth-order valence-corrected chi connectivity index (χ4v) is 2.84. The molecule has 152 valence electrons. The number of carbonyl (C=O) groups is 1. The lowest BCUT2D eigenvalue weighted by atomic mass is 10.0. The average molecular weight is 488 g/mol. The largest absolute Gasteiger partial charge is 0.444 e. The Kier molecular flexibility index (Phi) is 9.35. The van der Waals surface area contributed by atoms with Crippen LogP contribution in [0.1, 0.15) is 51.2 Å². The van der Waals surface area contributed by atoms with Crippen molar-refractivity contribution in [3.63, 3.8) is 0 Å². The van der Waals surface area contributed by atoms with Crippen LogP contribution in [0.4, 0.5) is 4.79 Å². The molecule has 0 aliphatic heterocycles. The van der Waals surface area contributed by atoms with E-state index >= 15 is 0 Å². The molecular weight excluding hydrogens is 455 g/mol. The Balaban J connectivity index is 0.00000364. The second-order valence-corrected chi connectivity index (χ2v) is 7.64. The Labute approximate surface area is 179 Å². The van der Waals surface area contributed by atoms with Gasteiger partial charge in [-0.05, 0) is 52.2 Å². The third-order valence-corrected chi connectivity index (χ3v) is 4.09. The van der Waals surface area contributed by atoms with Crippen molar-refractivity contribution >= 4 is 36.0 Å². The smallest absolute Gasteiger partial charge is 0.407 e. The highest BCUT2D eigenvalue weighted by Gasteiger charge is 2.39. The normalized spacial score (nSPS) is 18.9. The van der Waals surface area contributed by atoms with E-state index in [1.54, 1.807) is 0 Å². The second-order valence-electron chi connectivity index (χ2n) is 7.64. The van der Waals surface area contributed by atoms with Gasteiger partial charge < -0.3 is 20.7 Å². The molecule has 2 rings (SSSR count). The topological polar surface area (TPSA) is 74.8 Å². The van der Waals surface area contributed by atoms with Crippen LogP contribution in [-0.4, -0.2) is 43.3 Å². The Morgan fingerprint density at radius 2 is 1.96 bits per heavy atom. The van der Waals surface area contributed by atoms with Crippen LogP contribution < -0.4 is 16.0 Å². The summed E-state index contributed by atoms with van der Waals surface area (Å²) in [7, 11) is 0. The van der Waals surface area contributed by atoms with Gasteiger partial charge in [0.2, 0.25) is 0 Å². The summed E-state index contributed by atoms with van der Waals surface area (Å²) >= 11 is 0. The van der Waals surface area contributed by atoms with E-state index in [0.29, 0.717) is 25.0 Å². The minimum atomic E-state index is -0.486. The number of halogens is 1. The number of ether oxygens (including phenoxy) is 1. The van der Waals surface area contributed by atoms with Crippen molar-refractivity contribution in [3.8, 4) is 0 Å². The van der Waals surface area contributed by atoms with Crippen molar-refractivity contribution in [2.24, 2.45) is 4.99 Å². The monoisotopic (exact) mass is 488 g/mol. The first kappa shape index (κ1) is 23.5. The predicted molar refractivity (Wildman–Crippen MR) is 121 cm³/mol. The van der Waals surface area contributed by atoms with E-state index in [1.165, 1.54) is 11.1 Å². The number of benzene rings is 1. The molecule has 1 saturated carbocycles. The molecule has 0 heterocycles. The zero-order valence-corrected chi connectivity index (χ0v) is 19.3. The summed E-state index contributed by atoms with van der Waals surface area (Å²) in [5.74, 6) is 1.33. The number of alkyl carbamates (subject to hydrolysis) is 1. The number of hydrogen-bond donors (Lipinski definition) is 3. The van der Waals surface area contributed by atoms with Crippen LogP contribution in [0.15, 0.2) is 29.3 Å². The van der Waals surface area contributed by atoms with E-state index < -0.39 is 11.7 Å². The molecule has 0 spiro atoms. The maximum absolute atomic E-state index is 11.6. The van der Waals surface area contributed by atoms with Crippen LogP contribution in [0.3, 0.4) is 0 Å². The molecule has 0 bridgehead atoms. The lowest BCUT2D eigenvalue weighted by Crippen LogP contribution is -2.40. The van der Waals surface area contributed by atoms with E-state index in [1.807, 2.05) is 27.7 Å². The van der Waals surface area contributed by atoms with Crippen LogP contribution in [-0.2, 0) is 4.74 Å². The van der Waals surface area contributed by atoms with Gasteiger partial charge in [-0.15, -0.1) is 24.0 Å². The van der Waals surface area contributed by atoms with Crippen molar-refractivity contribution in [2.75, 3.05) is 19.6 Å². The Hall–Kier alpha value is -1.51. The highest BCUT2D eigenvalue weighted by atomic mass is 127. The molecule has 0 aromatic heterocycles. The standard InChI is InChI=1S/C20H32N4O2.HI/c1-6-21-18(22-11-12-23-19(25)26-20(3,4)5)24-17-13-16(17)15-10-8-7-9-14(15)2;/h7-10,16-17H,6,11-13H2,1-5H3,(H,23,25)(H2,21,22,24);1H. The van der Waals surface area contributed by atoms with Crippen molar-refractivity contribution in [1.29, 1.82) is 0 Å². The van der Waals surface area contributed by atoms with E-state index in [0.717, 1.165) is 18.9 Å². The first-order valence-corrected chi connectivity index (χ1v) is 9.37. The summed E-state index contributed by atoms with van der Waals surface area (Å²) < 4.78 is 5.21. The Bertz CT molecular complexity index is 643. The van der Waals surface area contributed by atoms with Crippen LogP contribution >= 0.6 is 24.0 Å². The fourth-order valence-electron chi connectivity index (χ4n) is 2.84. The lowest BCUT2D eigenvalue weighted by molar-refractivity contribution is 0.0529. The van der Waals surface area contributed by atoms with Crippen LogP contribution in [0.5, 0.6) is 0 Å². The van der Waals surface area contributed by atoms with Gasteiger partial charge in [-0.25, -0.2) is 4.79 Å². The highest BCUT2D eigenvalue weighted by molar-refractivity contribution is 14.0. The van der Waals surface area contributed by atoms with Crippen molar-refractivity contribution in [2.45, 2.75) is 58.6 Å². The average Bonchev–Trinajstić information content (AvgIpc) is 3.29.